The zero-order valence-electron chi connectivity index (χ0n) is 20.3. The molecule has 2 aromatic carbocycles. The lowest BCUT2D eigenvalue weighted by Crippen LogP contribution is -2.30. The van der Waals surface area contributed by atoms with E-state index in [1.165, 1.54) is 34.9 Å². The van der Waals surface area contributed by atoms with Crippen LogP contribution < -0.4 is 15.3 Å². The van der Waals surface area contributed by atoms with Gasteiger partial charge in [0.05, 0.1) is 30.8 Å². The van der Waals surface area contributed by atoms with Crippen LogP contribution in [0.25, 0.3) is 11.0 Å². The quantitative estimate of drug-likeness (QED) is 0.374. The second kappa shape index (κ2) is 9.04. The Kier molecular flexibility index (Phi) is 6.02. The summed E-state index contributed by atoms with van der Waals surface area (Å²) in [6.45, 7) is 5.29. The number of halogens is 3. The summed E-state index contributed by atoms with van der Waals surface area (Å²) >= 11 is 0. The topological polar surface area (TPSA) is 52.3 Å². The number of pyridine rings is 1. The number of hydrogen-bond donors (Lipinski definition) is 0. The average Bonchev–Trinajstić information content (AvgIpc) is 3.41. The minimum Gasteiger partial charge on any atom is -0.479 e. The molecule has 1 aliphatic heterocycles. The molecule has 4 aromatic rings. The predicted octanol–water partition coefficient (Wildman–Crippen LogP) is 5.34. The molecule has 3 heterocycles. The van der Waals surface area contributed by atoms with Gasteiger partial charge in [0.1, 0.15) is 5.52 Å². The van der Waals surface area contributed by atoms with Gasteiger partial charge in [0, 0.05) is 25.0 Å². The number of aromatic nitrogens is 3. The number of methoxy groups -OCH3 is 1. The highest BCUT2D eigenvalue weighted by Crippen LogP contribution is 2.35. The van der Waals surface area contributed by atoms with Gasteiger partial charge in [-0.2, -0.15) is 13.2 Å². The molecule has 0 aliphatic carbocycles. The fourth-order valence-electron chi connectivity index (χ4n) is 5.42. The molecule has 0 N–H and O–H groups in total. The molecule has 5 rings (SSSR count). The van der Waals surface area contributed by atoms with Gasteiger partial charge in [-0.1, -0.05) is 36.4 Å². The molecule has 1 saturated heterocycles. The molecule has 0 spiro atoms. The van der Waals surface area contributed by atoms with Crippen molar-refractivity contribution in [2.75, 3.05) is 25.1 Å². The summed E-state index contributed by atoms with van der Waals surface area (Å²) < 4.78 is 49.6. The second-order valence-corrected chi connectivity index (χ2v) is 9.21. The molecule has 1 atom stereocenters. The first kappa shape index (κ1) is 24.0. The van der Waals surface area contributed by atoms with Crippen LogP contribution in [-0.2, 0) is 12.7 Å². The van der Waals surface area contributed by atoms with E-state index in [1.807, 2.05) is 6.07 Å². The number of nitrogens with zero attached hydrogens (tertiary/aromatic N) is 4. The van der Waals surface area contributed by atoms with E-state index in [2.05, 4.69) is 35.9 Å². The first-order valence-electron chi connectivity index (χ1n) is 11.8. The Morgan fingerprint density at radius 3 is 2.47 bits per heavy atom. The van der Waals surface area contributed by atoms with Gasteiger partial charge in [-0.15, -0.1) is 0 Å². The Morgan fingerprint density at radius 2 is 1.78 bits per heavy atom. The van der Waals surface area contributed by atoms with E-state index in [9.17, 15) is 18.0 Å². The van der Waals surface area contributed by atoms with Crippen molar-refractivity contribution in [3.63, 3.8) is 0 Å². The molecule has 36 heavy (non-hydrogen) atoms. The van der Waals surface area contributed by atoms with E-state index < -0.39 is 11.7 Å². The minimum atomic E-state index is -4.53. The van der Waals surface area contributed by atoms with Gasteiger partial charge in [0.2, 0.25) is 5.88 Å². The molecule has 6 nitrogen and oxygen atoms in total. The normalized spacial score (nSPS) is 16.2. The van der Waals surface area contributed by atoms with Crippen LogP contribution in [-0.4, -0.2) is 34.3 Å². The summed E-state index contributed by atoms with van der Waals surface area (Å²) in [5, 5.41) is 0. The molecular weight excluding hydrogens is 469 g/mol. The van der Waals surface area contributed by atoms with Gasteiger partial charge in [0.15, 0.2) is 0 Å². The summed E-state index contributed by atoms with van der Waals surface area (Å²) in [5.41, 5.74) is 3.37. The zero-order valence-corrected chi connectivity index (χ0v) is 20.3. The number of benzene rings is 2. The molecule has 188 valence electrons. The van der Waals surface area contributed by atoms with Crippen molar-refractivity contribution < 1.29 is 17.9 Å². The number of fused-ring (bicyclic) bond motifs is 1. The molecule has 0 saturated carbocycles. The molecule has 0 bridgehead atoms. The number of anilines is 1. The van der Waals surface area contributed by atoms with Crippen molar-refractivity contribution in [2.45, 2.75) is 39.0 Å². The van der Waals surface area contributed by atoms with Crippen molar-refractivity contribution in [3.8, 4) is 5.88 Å². The summed E-state index contributed by atoms with van der Waals surface area (Å²) in [6, 6.07) is 13.1. The van der Waals surface area contributed by atoms with Crippen LogP contribution in [0, 0.1) is 13.8 Å². The number of aryl methyl sites for hydroxylation is 2. The number of ether oxygens (including phenoxy) is 1. The number of rotatable bonds is 5. The predicted molar refractivity (Wildman–Crippen MR) is 133 cm³/mol. The van der Waals surface area contributed by atoms with Crippen LogP contribution >= 0.6 is 0 Å². The Hall–Kier alpha value is -3.75. The van der Waals surface area contributed by atoms with Crippen molar-refractivity contribution >= 4 is 16.7 Å². The Morgan fingerprint density at radius 1 is 1.06 bits per heavy atom. The third kappa shape index (κ3) is 4.02. The first-order valence-corrected chi connectivity index (χ1v) is 11.8. The molecule has 0 unspecified atom stereocenters. The third-order valence-corrected chi connectivity index (χ3v) is 6.96. The third-order valence-electron chi connectivity index (χ3n) is 6.96. The summed E-state index contributed by atoms with van der Waals surface area (Å²) in [6.07, 6.45) is -2.24. The molecule has 0 radical (unpaired) electrons. The largest absolute Gasteiger partial charge is 0.479 e. The van der Waals surface area contributed by atoms with E-state index in [0.29, 0.717) is 17.6 Å². The highest BCUT2D eigenvalue weighted by atomic mass is 19.4. The van der Waals surface area contributed by atoms with Crippen LogP contribution in [0.1, 0.15) is 34.7 Å². The Balaban J connectivity index is 1.61. The average molecular weight is 497 g/mol. The van der Waals surface area contributed by atoms with Gasteiger partial charge in [-0.25, -0.2) is 9.78 Å². The van der Waals surface area contributed by atoms with Crippen molar-refractivity contribution in [1.29, 1.82) is 0 Å². The Bertz CT molecular complexity index is 1470. The van der Waals surface area contributed by atoms with Crippen LogP contribution in [0.15, 0.2) is 59.5 Å². The highest BCUT2D eigenvalue weighted by Gasteiger charge is 2.34. The van der Waals surface area contributed by atoms with Crippen LogP contribution in [0.4, 0.5) is 18.9 Å². The van der Waals surface area contributed by atoms with Crippen LogP contribution in [0.3, 0.4) is 0 Å². The fraction of sp³-hybridized carbons (Fsp3) is 0.333. The monoisotopic (exact) mass is 496 g/mol. The molecule has 2 aromatic heterocycles. The molecular formula is C27H27F3N4O2. The van der Waals surface area contributed by atoms with Gasteiger partial charge < -0.3 is 9.64 Å². The lowest BCUT2D eigenvalue weighted by Gasteiger charge is -2.23. The Labute approximate surface area is 206 Å². The number of imidazole rings is 1. The second-order valence-electron chi connectivity index (χ2n) is 9.21. The number of alkyl halides is 3. The lowest BCUT2D eigenvalue weighted by molar-refractivity contribution is -0.138. The van der Waals surface area contributed by atoms with Gasteiger partial charge in [-0.3, -0.25) is 9.13 Å². The smallest absolute Gasteiger partial charge is 0.416 e. The van der Waals surface area contributed by atoms with E-state index in [4.69, 9.17) is 4.74 Å². The van der Waals surface area contributed by atoms with Crippen LogP contribution in [0.5, 0.6) is 5.88 Å². The fourth-order valence-corrected chi connectivity index (χ4v) is 5.42. The molecule has 1 fully saturated rings. The van der Waals surface area contributed by atoms with Gasteiger partial charge >= 0.3 is 11.9 Å². The SMILES string of the molecule is COc1nccc2c1n(Cc1ccccc1C(F)(F)F)c(=O)n2[C@@H]1CCN(c2c(C)cccc2C)C1. The molecule has 1 aliphatic rings. The maximum atomic E-state index is 13.8. The summed E-state index contributed by atoms with van der Waals surface area (Å²) in [5.74, 6) is 0.206. The van der Waals surface area contributed by atoms with E-state index in [1.54, 1.807) is 22.9 Å². The van der Waals surface area contributed by atoms with Crippen molar-refractivity contribution in [2.24, 2.45) is 0 Å². The summed E-state index contributed by atoms with van der Waals surface area (Å²) in [4.78, 5) is 20.3. The standard InChI is InChI=1S/C27H27F3N4O2/c1-17-7-6-8-18(2)23(17)32-14-12-20(16-32)34-22-11-13-31-25(36-3)24(22)33(26(34)35)15-19-9-4-5-10-21(19)27(28,29)30/h4-11,13,20H,12,14-16H2,1-3H3/t20-/m1/s1. The van der Waals surface area contributed by atoms with Crippen LogP contribution in [0.2, 0.25) is 0 Å². The molecule has 0 amide bonds. The summed E-state index contributed by atoms with van der Waals surface area (Å²) in [7, 11) is 1.44. The number of para-hydroxylation sites is 1. The molecule has 9 heteroatoms. The first-order chi connectivity index (χ1) is 17.2. The van der Waals surface area contributed by atoms with E-state index >= 15 is 0 Å². The van der Waals surface area contributed by atoms with Crippen molar-refractivity contribution in [1.82, 2.24) is 14.1 Å². The lowest BCUT2D eigenvalue weighted by atomic mass is 10.1. The maximum absolute atomic E-state index is 13.8. The van der Waals surface area contributed by atoms with E-state index in [0.717, 1.165) is 24.7 Å². The van der Waals surface area contributed by atoms with E-state index in [-0.39, 0.29) is 29.7 Å². The maximum Gasteiger partial charge on any atom is 0.416 e. The van der Waals surface area contributed by atoms with Gasteiger partial charge in [-0.05, 0) is 49.1 Å². The number of hydrogen-bond acceptors (Lipinski definition) is 4. The highest BCUT2D eigenvalue weighted by molar-refractivity contribution is 5.81. The zero-order chi connectivity index (χ0) is 25.6. The van der Waals surface area contributed by atoms with Gasteiger partial charge in [0.25, 0.3) is 0 Å². The minimum absolute atomic E-state index is 0.0145. The van der Waals surface area contributed by atoms with Crippen molar-refractivity contribution in [3.05, 3.63) is 87.5 Å².